The van der Waals surface area contributed by atoms with Crippen LogP contribution in [0.15, 0.2) is 54.7 Å². The van der Waals surface area contributed by atoms with Gasteiger partial charge in [-0.3, -0.25) is 0 Å². The van der Waals surface area contributed by atoms with Gasteiger partial charge in [-0.1, -0.05) is 36.4 Å². The van der Waals surface area contributed by atoms with Gasteiger partial charge in [-0.2, -0.15) is 0 Å². The molecule has 0 saturated carbocycles. The number of hydrogen-bond acceptors (Lipinski definition) is 1. The zero-order valence-corrected chi connectivity index (χ0v) is 11.4. The van der Waals surface area contributed by atoms with Crippen molar-refractivity contribution in [2.24, 2.45) is 0 Å². The molecule has 0 aliphatic carbocycles. The van der Waals surface area contributed by atoms with Crippen LogP contribution >= 0.6 is 0 Å². The summed E-state index contributed by atoms with van der Waals surface area (Å²) in [5.74, 6) is -0.161. The summed E-state index contributed by atoms with van der Waals surface area (Å²) in [6.45, 7) is 2.69. The highest BCUT2D eigenvalue weighted by Crippen LogP contribution is 2.20. The quantitative estimate of drug-likeness (QED) is 0.730. The molecule has 3 rings (SSSR count). The first-order chi connectivity index (χ1) is 9.75. The van der Waals surface area contributed by atoms with E-state index in [0.29, 0.717) is 12.1 Å². The summed E-state index contributed by atoms with van der Waals surface area (Å²) < 4.78 is 13.7. The summed E-state index contributed by atoms with van der Waals surface area (Å²) in [6, 6.07) is 15.1. The second kappa shape index (κ2) is 5.47. The normalized spacial score (nSPS) is 12.7. The van der Waals surface area contributed by atoms with Crippen LogP contribution in [-0.4, -0.2) is 4.98 Å². The lowest BCUT2D eigenvalue weighted by Gasteiger charge is -2.14. The fourth-order valence-electron chi connectivity index (χ4n) is 2.48. The zero-order chi connectivity index (χ0) is 13.9. The topological polar surface area (TPSA) is 27.8 Å². The first-order valence-corrected chi connectivity index (χ1v) is 6.78. The van der Waals surface area contributed by atoms with Crippen molar-refractivity contribution in [1.82, 2.24) is 10.3 Å². The van der Waals surface area contributed by atoms with E-state index in [-0.39, 0.29) is 11.9 Å². The van der Waals surface area contributed by atoms with Crippen molar-refractivity contribution in [2.45, 2.75) is 19.5 Å². The molecule has 1 heterocycles. The Kier molecular flexibility index (Phi) is 3.52. The highest BCUT2D eigenvalue weighted by atomic mass is 19.1. The summed E-state index contributed by atoms with van der Waals surface area (Å²) in [7, 11) is 0. The van der Waals surface area contributed by atoms with Gasteiger partial charge >= 0.3 is 0 Å². The Bertz CT molecular complexity index is 718. The molecule has 20 heavy (non-hydrogen) atoms. The van der Waals surface area contributed by atoms with E-state index in [1.54, 1.807) is 6.07 Å². The van der Waals surface area contributed by atoms with Gasteiger partial charge in [0.2, 0.25) is 0 Å². The van der Waals surface area contributed by atoms with Crippen LogP contribution in [0.3, 0.4) is 0 Å². The van der Waals surface area contributed by atoms with Crippen molar-refractivity contribution >= 4 is 10.9 Å². The molecule has 2 nitrogen and oxygen atoms in total. The number of hydrogen-bond donors (Lipinski definition) is 2. The van der Waals surface area contributed by atoms with Crippen molar-refractivity contribution in [3.05, 3.63) is 71.7 Å². The molecule has 0 bridgehead atoms. The van der Waals surface area contributed by atoms with Crippen LogP contribution in [0.25, 0.3) is 10.9 Å². The van der Waals surface area contributed by atoms with Crippen LogP contribution in [-0.2, 0) is 6.54 Å². The molecular weight excluding hydrogens is 251 g/mol. The lowest BCUT2D eigenvalue weighted by atomic mass is 10.1. The van der Waals surface area contributed by atoms with Crippen molar-refractivity contribution in [1.29, 1.82) is 0 Å². The fraction of sp³-hybridized carbons (Fsp3) is 0.176. The number of fused-ring (bicyclic) bond motifs is 1. The molecule has 0 aliphatic heterocycles. The number of aromatic nitrogens is 1. The average Bonchev–Trinajstić information content (AvgIpc) is 2.88. The second-order valence-electron chi connectivity index (χ2n) is 4.98. The van der Waals surface area contributed by atoms with Crippen molar-refractivity contribution in [3.8, 4) is 0 Å². The first kappa shape index (κ1) is 12.9. The predicted molar refractivity (Wildman–Crippen MR) is 80.0 cm³/mol. The van der Waals surface area contributed by atoms with E-state index >= 15 is 0 Å². The van der Waals surface area contributed by atoms with E-state index in [4.69, 9.17) is 0 Å². The Morgan fingerprint density at radius 2 is 1.85 bits per heavy atom. The van der Waals surface area contributed by atoms with Gasteiger partial charge in [0.05, 0.1) is 0 Å². The third-order valence-electron chi connectivity index (χ3n) is 3.65. The fourth-order valence-corrected chi connectivity index (χ4v) is 2.48. The average molecular weight is 268 g/mol. The van der Waals surface area contributed by atoms with Crippen LogP contribution in [0.5, 0.6) is 0 Å². The maximum absolute atomic E-state index is 13.7. The van der Waals surface area contributed by atoms with Crippen molar-refractivity contribution in [2.75, 3.05) is 0 Å². The molecule has 1 atom stereocenters. The summed E-state index contributed by atoms with van der Waals surface area (Å²) >= 11 is 0. The van der Waals surface area contributed by atoms with Crippen LogP contribution in [0.4, 0.5) is 4.39 Å². The van der Waals surface area contributed by atoms with Crippen LogP contribution in [0.2, 0.25) is 0 Å². The maximum Gasteiger partial charge on any atom is 0.127 e. The molecule has 1 unspecified atom stereocenters. The van der Waals surface area contributed by atoms with Gasteiger partial charge in [0.1, 0.15) is 5.82 Å². The lowest BCUT2D eigenvalue weighted by molar-refractivity contribution is 0.529. The van der Waals surface area contributed by atoms with Crippen LogP contribution in [0, 0.1) is 5.82 Å². The highest BCUT2D eigenvalue weighted by molar-refractivity contribution is 5.82. The standard InChI is InChI=1S/C17H17FN2/c1-12(14-6-2-4-8-16(14)18)19-10-13-11-20-17-9-5-3-7-15(13)17/h2-9,11-12,19-20H,10H2,1H3. The number of aromatic amines is 1. The van der Waals surface area contributed by atoms with E-state index in [9.17, 15) is 4.39 Å². The summed E-state index contributed by atoms with van der Waals surface area (Å²) in [5.41, 5.74) is 3.03. The Balaban J connectivity index is 1.75. The van der Waals surface area contributed by atoms with Gasteiger partial charge in [-0.15, -0.1) is 0 Å². The molecule has 0 aliphatic rings. The Morgan fingerprint density at radius 3 is 2.70 bits per heavy atom. The molecule has 3 heteroatoms. The minimum absolute atomic E-state index is 0.0233. The zero-order valence-electron chi connectivity index (χ0n) is 11.4. The molecule has 2 N–H and O–H groups in total. The molecule has 3 aromatic rings. The Hall–Kier alpha value is -2.13. The van der Waals surface area contributed by atoms with Gasteiger partial charge in [0, 0.05) is 35.2 Å². The van der Waals surface area contributed by atoms with Gasteiger partial charge in [-0.25, -0.2) is 4.39 Å². The Labute approximate surface area is 117 Å². The molecule has 0 amide bonds. The van der Waals surface area contributed by atoms with Crippen LogP contribution < -0.4 is 5.32 Å². The smallest absolute Gasteiger partial charge is 0.127 e. The SMILES string of the molecule is CC(NCc1c[nH]c2ccccc12)c1ccccc1F. The Morgan fingerprint density at radius 1 is 1.10 bits per heavy atom. The molecule has 0 spiro atoms. The van der Waals surface area contributed by atoms with E-state index in [1.165, 1.54) is 17.0 Å². The molecule has 102 valence electrons. The van der Waals surface area contributed by atoms with Gasteiger partial charge in [-0.05, 0) is 24.6 Å². The number of nitrogens with one attached hydrogen (secondary N) is 2. The van der Waals surface area contributed by atoms with Crippen molar-refractivity contribution in [3.63, 3.8) is 0 Å². The monoisotopic (exact) mass is 268 g/mol. The number of halogens is 1. The van der Waals surface area contributed by atoms with E-state index in [0.717, 1.165) is 5.52 Å². The minimum Gasteiger partial charge on any atom is -0.361 e. The highest BCUT2D eigenvalue weighted by Gasteiger charge is 2.10. The molecule has 1 aromatic heterocycles. The largest absolute Gasteiger partial charge is 0.361 e. The second-order valence-corrected chi connectivity index (χ2v) is 4.98. The van der Waals surface area contributed by atoms with Gasteiger partial charge in [0.25, 0.3) is 0 Å². The first-order valence-electron chi connectivity index (χ1n) is 6.78. The predicted octanol–water partition coefficient (Wildman–Crippen LogP) is 4.16. The summed E-state index contributed by atoms with van der Waals surface area (Å²) in [5, 5.41) is 4.58. The number of benzene rings is 2. The van der Waals surface area contributed by atoms with E-state index in [1.807, 2.05) is 37.4 Å². The number of para-hydroxylation sites is 1. The number of H-pyrrole nitrogens is 1. The van der Waals surface area contributed by atoms with Crippen LogP contribution in [0.1, 0.15) is 24.1 Å². The molecule has 0 fully saturated rings. The maximum atomic E-state index is 13.7. The summed E-state index contributed by atoms with van der Waals surface area (Å²) in [6.07, 6.45) is 2.01. The third-order valence-corrected chi connectivity index (χ3v) is 3.65. The lowest BCUT2D eigenvalue weighted by Crippen LogP contribution is -2.18. The molecule has 2 aromatic carbocycles. The summed E-state index contributed by atoms with van der Waals surface area (Å²) in [4.78, 5) is 3.25. The molecule has 0 radical (unpaired) electrons. The van der Waals surface area contributed by atoms with Crippen molar-refractivity contribution < 1.29 is 4.39 Å². The van der Waals surface area contributed by atoms with E-state index < -0.39 is 0 Å². The van der Waals surface area contributed by atoms with E-state index in [2.05, 4.69) is 22.4 Å². The molecule has 0 saturated heterocycles. The van der Waals surface area contributed by atoms with Gasteiger partial charge in [0.15, 0.2) is 0 Å². The minimum atomic E-state index is -0.161. The number of rotatable bonds is 4. The van der Waals surface area contributed by atoms with Gasteiger partial charge < -0.3 is 10.3 Å². The molecular formula is C17H17FN2. The third kappa shape index (κ3) is 2.45.